The summed E-state index contributed by atoms with van der Waals surface area (Å²) in [7, 11) is 0. The quantitative estimate of drug-likeness (QED) is 0.615. The molecule has 0 aromatic heterocycles. The molecule has 0 radical (unpaired) electrons. The molecule has 0 aliphatic carbocycles. The summed E-state index contributed by atoms with van der Waals surface area (Å²) >= 11 is 1.06. The molecular formula is C20H18NNaO4S. The molecule has 0 saturated heterocycles. The predicted molar refractivity (Wildman–Crippen MR) is 98.9 cm³/mol. The molecule has 1 aliphatic heterocycles. The molecule has 1 atom stereocenters. The third-order valence-corrected chi connectivity index (χ3v) is 5.26. The minimum Gasteiger partial charge on any atom is -0.548 e. The molecule has 3 rings (SSSR count). The van der Waals surface area contributed by atoms with Crippen LogP contribution in [0.15, 0.2) is 54.6 Å². The first-order valence-electron chi connectivity index (χ1n) is 8.41. The van der Waals surface area contributed by atoms with Gasteiger partial charge in [0, 0.05) is 23.4 Å². The van der Waals surface area contributed by atoms with Crippen molar-refractivity contribution in [1.82, 2.24) is 0 Å². The number of carboxylic acids is 1. The molecule has 1 heterocycles. The third-order valence-electron chi connectivity index (χ3n) is 4.35. The van der Waals surface area contributed by atoms with Gasteiger partial charge < -0.3 is 14.8 Å². The molecule has 1 aliphatic rings. The summed E-state index contributed by atoms with van der Waals surface area (Å²) in [4.78, 5) is 37.6. The fourth-order valence-electron chi connectivity index (χ4n) is 3.09. The van der Waals surface area contributed by atoms with E-state index in [1.165, 1.54) is 4.90 Å². The Morgan fingerprint density at radius 2 is 1.70 bits per heavy atom. The number of hydrogen-bond donors (Lipinski definition) is 0. The van der Waals surface area contributed by atoms with Gasteiger partial charge in [-0.1, -0.05) is 60.3 Å². The van der Waals surface area contributed by atoms with E-state index < -0.39 is 12.0 Å². The van der Waals surface area contributed by atoms with Crippen LogP contribution in [0.3, 0.4) is 0 Å². The van der Waals surface area contributed by atoms with Crippen LogP contribution in [0.25, 0.3) is 0 Å². The minimum absolute atomic E-state index is 0. The number of aliphatic carboxylic acids is 1. The van der Waals surface area contributed by atoms with Crippen LogP contribution in [0.4, 0.5) is 5.69 Å². The van der Waals surface area contributed by atoms with Crippen LogP contribution in [-0.4, -0.2) is 28.8 Å². The maximum absolute atomic E-state index is 12.7. The number of hydrogen-bond acceptors (Lipinski definition) is 5. The predicted octanol–water partition coefficient (Wildman–Crippen LogP) is -0.948. The third kappa shape index (κ3) is 5.23. The average Bonchev–Trinajstić information content (AvgIpc) is 2.67. The second-order valence-corrected chi connectivity index (χ2v) is 7.09. The Labute approximate surface area is 184 Å². The second kappa shape index (κ2) is 10.1. The second-order valence-electron chi connectivity index (χ2n) is 6.02. The van der Waals surface area contributed by atoms with E-state index in [0.29, 0.717) is 29.8 Å². The van der Waals surface area contributed by atoms with Gasteiger partial charge in [-0.2, -0.15) is 0 Å². The van der Waals surface area contributed by atoms with Gasteiger partial charge in [-0.05, 0) is 24.5 Å². The topological polar surface area (TPSA) is 77.5 Å². The summed E-state index contributed by atoms with van der Waals surface area (Å²) in [6, 6.07) is 15.2. The molecule has 2 aromatic carbocycles. The van der Waals surface area contributed by atoms with Crippen molar-refractivity contribution in [3.8, 4) is 0 Å². The average molecular weight is 391 g/mol. The number of thioether (sulfide) groups is 1. The molecule has 27 heavy (non-hydrogen) atoms. The van der Waals surface area contributed by atoms with Gasteiger partial charge in [0.2, 0.25) is 11.0 Å². The van der Waals surface area contributed by atoms with E-state index in [1.54, 1.807) is 36.4 Å². The molecule has 0 fully saturated rings. The Balaban J connectivity index is 0.00000261. The van der Waals surface area contributed by atoms with E-state index in [9.17, 15) is 19.5 Å². The number of carboxylic acid groups (broad SMARTS) is 1. The summed E-state index contributed by atoms with van der Waals surface area (Å²) in [5.41, 5.74) is 2.16. The number of para-hydroxylation sites is 1. The number of anilines is 1. The fraction of sp³-hybridized carbons (Fsp3) is 0.250. The van der Waals surface area contributed by atoms with Crippen LogP contribution < -0.4 is 39.6 Å². The molecule has 1 unspecified atom stereocenters. The normalized spacial score (nSPS) is 15.4. The molecule has 2 aromatic rings. The fourth-order valence-corrected chi connectivity index (χ4v) is 3.85. The van der Waals surface area contributed by atoms with Crippen molar-refractivity contribution in [3.05, 3.63) is 65.7 Å². The van der Waals surface area contributed by atoms with Crippen LogP contribution in [-0.2, 0) is 16.0 Å². The largest absolute Gasteiger partial charge is 1.00 e. The van der Waals surface area contributed by atoms with Gasteiger partial charge in [0.05, 0.1) is 12.0 Å². The Kier molecular flexibility index (Phi) is 8.10. The zero-order valence-electron chi connectivity index (χ0n) is 15.1. The van der Waals surface area contributed by atoms with Crippen molar-refractivity contribution in [2.75, 3.05) is 10.7 Å². The number of amides is 1. The molecule has 5 nitrogen and oxygen atoms in total. The van der Waals surface area contributed by atoms with Gasteiger partial charge in [-0.15, -0.1) is 0 Å². The number of carbonyl (C=O) groups excluding carboxylic acids is 3. The molecule has 1 amide bonds. The molecule has 0 saturated carbocycles. The zero-order chi connectivity index (χ0) is 18.5. The number of rotatable bonds is 5. The van der Waals surface area contributed by atoms with E-state index in [0.717, 1.165) is 17.3 Å². The maximum Gasteiger partial charge on any atom is 1.00 e. The summed E-state index contributed by atoms with van der Waals surface area (Å²) in [6.07, 6.45) is 1.02. The van der Waals surface area contributed by atoms with Crippen LogP contribution >= 0.6 is 11.8 Å². The molecular weight excluding hydrogens is 373 g/mol. The van der Waals surface area contributed by atoms with E-state index >= 15 is 0 Å². The molecule has 0 N–H and O–H groups in total. The minimum atomic E-state index is -1.25. The Hall–Kier alpha value is -1.60. The summed E-state index contributed by atoms with van der Waals surface area (Å²) < 4.78 is 0. The zero-order valence-corrected chi connectivity index (χ0v) is 17.9. The number of carbonyl (C=O) groups is 3. The van der Waals surface area contributed by atoms with Gasteiger partial charge >= 0.3 is 29.6 Å². The van der Waals surface area contributed by atoms with E-state index in [4.69, 9.17) is 0 Å². The first-order chi connectivity index (χ1) is 12.6. The van der Waals surface area contributed by atoms with E-state index in [2.05, 4.69) is 0 Å². The van der Waals surface area contributed by atoms with Crippen LogP contribution in [0, 0.1) is 0 Å². The number of fused-ring (bicyclic) bond motifs is 1. The Morgan fingerprint density at radius 1 is 1.04 bits per heavy atom. The van der Waals surface area contributed by atoms with Gasteiger partial charge in [-0.3, -0.25) is 9.59 Å². The summed E-state index contributed by atoms with van der Waals surface area (Å²) in [5.74, 6) is -1.26. The number of nitrogens with zero attached hydrogens (tertiary/aromatic N) is 1. The Bertz CT molecular complexity index is 828. The SMILES string of the molecule is O=C(SCCC(=O)N1c2ccccc2CCC1C(=O)[O-])c1ccccc1.[Na+]. The first-order valence-corrected chi connectivity index (χ1v) is 9.39. The van der Waals surface area contributed by atoms with E-state index in [-0.39, 0.29) is 47.0 Å². The summed E-state index contributed by atoms with van der Waals surface area (Å²) in [6.45, 7) is 0. The monoisotopic (exact) mass is 391 g/mol. The van der Waals surface area contributed by atoms with Crippen molar-refractivity contribution in [2.45, 2.75) is 25.3 Å². The first kappa shape index (κ1) is 21.7. The van der Waals surface area contributed by atoms with Gasteiger partial charge in [-0.25, -0.2) is 0 Å². The smallest absolute Gasteiger partial charge is 0.548 e. The van der Waals surface area contributed by atoms with Crippen molar-refractivity contribution >= 4 is 34.4 Å². The van der Waals surface area contributed by atoms with Gasteiger partial charge in [0.1, 0.15) is 0 Å². The maximum atomic E-state index is 12.7. The van der Waals surface area contributed by atoms with E-state index in [1.807, 2.05) is 18.2 Å². The van der Waals surface area contributed by atoms with Crippen molar-refractivity contribution in [2.24, 2.45) is 0 Å². The molecule has 134 valence electrons. The van der Waals surface area contributed by atoms with Crippen LogP contribution in [0.1, 0.15) is 28.8 Å². The number of aryl methyl sites for hydroxylation is 1. The van der Waals surface area contributed by atoms with Crippen molar-refractivity contribution in [3.63, 3.8) is 0 Å². The van der Waals surface area contributed by atoms with Crippen molar-refractivity contribution < 1.29 is 49.0 Å². The molecule has 0 bridgehead atoms. The van der Waals surface area contributed by atoms with Gasteiger partial charge in [0.15, 0.2) is 0 Å². The molecule has 0 spiro atoms. The van der Waals surface area contributed by atoms with Gasteiger partial charge in [0.25, 0.3) is 0 Å². The summed E-state index contributed by atoms with van der Waals surface area (Å²) in [5, 5.41) is 11.4. The molecule has 7 heteroatoms. The van der Waals surface area contributed by atoms with Crippen LogP contribution in [0.5, 0.6) is 0 Å². The number of benzene rings is 2. The Morgan fingerprint density at radius 3 is 2.41 bits per heavy atom. The van der Waals surface area contributed by atoms with Crippen molar-refractivity contribution in [1.29, 1.82) is 0 Å². The van der Waals surface area contributed by atoms with Crippen LogP contribution in [0.2, 0.25) is 0 Å². The standard InChI is InChI=1S/C20H19NO4S.Na/c22-18(12-13-26-20(25)15-7-2-1-3-8-15)21-16-9-5-4-6-14(16)10-11-17(21)19(23)24;/h1-9,17H,10-13H2,(H,23,24);/q;+1/p-1.